The lowest BCUT2D eigenvalue weighted by atomic mass is 10.1. The zero-order valence-electron chi connectivity index (χ0n) is 9.04. The average Bonchev–Trinajstić information content (AvgIpc) is 2.36. The van der Waals surface area contributed by atoms with Gasteiger partial charge in [-0.2, -0.15) is 0 Å². The molecule has 0 bridgehead atoms. The van der Waals surface area contributed by atoms with E-state index >= 15 is 0 Å². The molecule has 1 aromatic carbocycles. The van der Waals surface area contributed by atoms with Gasteiger partial charge in [0.1, 0.15) is 11.4 Å². The Labute approximate surface area is 112 Å². The number of benzene rings is 1. The Kier molecular flexibility index (Phi) is 3.64. The number of methoxy groups -OCH3 is 1. The van der Waals surface area contributed by atoms with Gasteiger partial charge in [0.05, 0.1) is 23.0 Å². The highest BCUT2D eigenvalue weighted by molar-refractivity contribution is 9.09. The maximum atomic E-state index is 11.5. The number of ether oxygens (including phenoxy) is 1. The van der Waals surface area contributed by atoms with E-state index in [-0.39, 0.29) is 11.1 Å². The maximum absolute atomic E-state index is 11.5. The molecule has 0 amide bonds. The highest BCUT2D eigenvalue weighted by Crippen LogP contribution is 2.29. The fourth-order valence-corrected chi connectivity index (χ4v) is 2.03. The number of pyridine rings is 1. The van der Waals surface area contributed by atoms with Gasteiger partial charge in [0.2, 0.25) is 0 Å². The number of fused-ring (bicyclic) bond motifs is 1. The number of hydrogen-bond acceptors (Lipinski definition) is 3. The van der Waals surface area contributed by atoms with E-state index in [0.29, 0.717) is 22.0 Å². The summed E-state index contributed by atoms with van der Waals surface area (Å²) in [5, 5.41) is 1.63. The van der Waals surface area contributed by atoms with Crippen LogP contribution in [0.3, 0.4) is 0 Å². The molecule has 0 aliphatic rings. The summed E-state index contributed by atoms with van der Waals surface area (Å²) in [6, 6.07) is 7.02. The third kappa shape index (κ3) is 2.42. The summed E-state index contributed by atoms with van der Waals surface area (Å²) in [6.07, 6.45) is 0. The summed E-state index contributed by atoms with van der Waals surface area (Å²) in [5.74, 6) is 0.541. The van der Waals surface area contributed by atoms with Crippen molar-refractivity contribution in [2.45, 2.75) is 0 Å². The van der Waals surface area contributed by atoms with Crippen molar-refractivity contribution in [1.29, 1.82) is 0 Å². The summed E-state index contributed by atoms with van der Waals surface area (Å²) < 4.78 is 5.12. The second-order valence-corrected chi connectivity index (χ2v) is 4.40. The molecule has 0 saturated heterocycles. The van der Waals surface area contributed by atoms with Gasteiger partial charge in [-0.25, -0.2) is 4.98 Å². The van der Waals surface area contributed by atoms with Crippen LogP contribution in [0.2, 0.25) is 5.02 Å². The molecule has 0 fully saturated rings. The standard InChI is InChI=1S/C12H9BrClNO2/c1-17-12-4-7-2-3-9(11(16)6-13)15-10(7)5-8(12)14/h2-5H,6H2,1H3. The van der Waals surface area contributed by atoms with Crippen molar-refractivity contribution in [3.63, 3.8) is 0 Å². The predicted molar refractivity (Wildman–Crippen MR) is 71.4 cm³/mol. The SMILES string of the molecule is COc1cc2ccc(C(=O)CBr)nc2cc1Cl. The first-order chi connectivity index (χ1) is 8.15. The summed E-state index contributed by atoms with van der Waals surface area (Å²) in [6.45, 7) is 0. The Balaban J connectivity index is 2.59. The number of rotatable bonds is 3. The zero-order chi connectivity index (χ0) is 12.4. The minimum absolute atomic E-state index is 0.0566. The van der Waals surface area contributed by atoms with Crippen molar-refractivity contribution in [3.8, 4) is 5.75 Å². The summed E-state index contributed by atoms with van der Waals surface area (Å²) >= 11 is 9.13. The number of alkyl halides is 1. The Morgan fingerprint density at radius 3 is 2.88 bits per heavy atom. The number of ketones is 1. The van der Waals surface area contributed by atoms with Gasteiger partial charge in [0.15, 0.2) is 5.78 Å². The molecule has 0 unspecified atom stereocenters. The fourth-order valence-electron chi connectivity index (χ4n) is 1.50. The van der Waals surface area contributed by atoms with Crippen LogP contribution in [-0.2, 0) is 0 Å². The molecule has 0 N–H and O–H groups in total. The van der Waals surface area contributed by atoms with Crippen LogP contribution < -0.4 is 4.74 Å². The molecule has 2 aromatic rings. The molecule has 2 rings (SSSR count). The van der Waals surface area contributed by atoms with Crippen LogP contribution in [0.15, 0.2) is 24.3 Å². The molecule has 0 atom stereocenters. The predicted octanol–water partition coefficient (Wildman–Crippen LogP) is 3.47. The zero-order valence-corrected chi connectivity index (χ0v) is 11.4. The minimum atomic E-state index is -0.0566. The number of carbonyl (C=O) groups excluding carboxylic acids is 1. The number of hydrogen-bond donors (Lipinski definition) is 0. The molecular weight excluding hydrogens is 305 g/mol. The quantitative estimate of drug-likeness (QED) is 0.643. The lowest BCUT2D eigenvalue weighted by Crippen LogP contribution is -2.02. The lowest BCUT2D eigenvalue weighted by molar-refractivity contribution is 0.101. The number of Topliss-reactive ketones (excluding diaryl/α,β-unsaturated/α-hetero) is 1. The van der Waals surface area contributed by atoms with Crippen molar-refractivity contribution >= 4 is 44.2 Å². The minimum Gasteiger partial charge on any atom is -0.495 e. The van der Waals surface area contributed by atoms with Crippen LogP contribution in [-0.4, -0.2) is 23.2 Å². The fraction of sp³-hybridized carbons (Fsp3) is 0.167. The first kappa shape index (κ1) is 12.3. The van der Waals surface area contributed by atoms with Gasteiger partial charge in [0.25, 0.3) is 0 Å². The van der Waals surface area contributed by atoms with E-state index in [0.717, 1.165) is 5.39 Å². The van der Waals surface area contributed by atoms with Crippen LogP contribution in [0.5, 0.6) is 5.75 Å². The number of halogens is 2. The third-order valence-electron chi connectivity index (χ3n) is 2.37. The normalized spacial score (nSPS) is 10.5. The second-order valence-electron chi connectivity index (χ2n) is 3.43. The molecule has 0 aliphatic carbocycles. The van der Waals surface area contributed by atoms with Gasteiger partial charge in [-0.15, -0.1) is 0 Å². The second kappa shape index (κ2) is 5.02. The molecule has 0 saturated carbocycles. The number of aromatic nitrogens is 1. The molecule has 1 aromatic heterocycles. The van der Waals surface area contributed by atoms with Crippen molar-refractivity contribution in [2.75, 3.05) is 12.4 Å². The molecule has 3 nitrogen and oxygen atoms in total. The Bertz CT molecular complexity index is 586. The average molecular weight is 315 g/mol. The summed E-state index contributed by atoms with van der Waals surface area (Å²) in [7, 11) is 1.56. The molecule has 5 heteroatoms. The first-order valence-electron chi connectivity index (χ1n) is 4.89. The largest absolute Gasteiger partial charge is 0.495 e. The third-order valence-corrected chi connectivity index (χ3v) is 3.17. The van der Waals surface area contributed by atoms with Gasteiger partial charge in [0, 0.05) is 5.39 Å². The van der Waals surface area contributed by atoms with E-state index in [1.807, 2.05) is 6.07 Å². The monoisotopic (exact) mass is 313 g/mol. The van der Waals surface area contributed by atoms with Crippen molar-refractivity contribution in [1.82, 2.24) is 4.98 Å². The summed E-state index contributed by atoms with van der Waals surface area (Å²) in [5.41, 5.74) is 1.11. The Morgan fingerprint density at radius 1 is 1.47 bits per heavy atom. The highest BCUT2D eigenvalue weighted by Gasteiger charge is 2.09. The van der Waals surface area contributed by atoms with Gasteiger partial charge in [-0.1, -0.05) is 33.6 Å². The van der Waals surface area contributed by atoms with Crippen LogP contribution in [0.4, 0.5) is 0 Å². The van der Waals surface area contributed by atoms with Crippen molar-refractivity contribution in [2.24, 2.45) is 0 Å². The maximum Gasteiger partial charge on any atom is 0.191 e. The van der Waals surface area contributed by atoms with Gasteiger partial charge < -0.3 is 4.74 Å². The summed E-state index contributed by atoms with van der Waals surface area (Å²) in [4.78, 5) is 15.8. The van der Waals surface area contributed by atoms with Crippen LogP contribution in [0, 0.1) is 0 Å². The number of nitrogens with zero attached hydrogens (tertiary/aromatic N) is 1. The van der Waals surface area contributed by atoms with E-state index in [1.54, 1.807) is 25.3 Å². The van der Waals surface area contributed by atoms with E-state index in [4.69, 9.17) is 16.3 Å². The van der Waals surface area contributed by atoms with Crippen molar-refractivity contribution < 1.29 is 9.53 Å². The smallest absolute Gasteiger partial charge is 0.191 e. The van der Waals surface area contributed by atoms with Crippen LogP contribution in [0.25, 0.3) is 10.9 Å². The Morgan fingerprint density at radius 2 is 2.24 bits per heavy atom. The molecule has 0 spiro atoms. The first-order valence-corrected chi connectivity index (χ1v) is 6.39. The topological polar surface area (TPSA) is 39.2 Å². The van der Waals surface area contributed by atoms with E-state index in [1.165, 1.54) is 0 Å². The number of carbonyl (C=O) groups is 1. The molecular formula is C12H9BrClNO2. The molecule has 88 valence electrons. The van der Waals surface area contributed by atoms with Crippen molar-refractivity contribution in [3.05, 3.63) is 35.0 Å². The Hall–Kier alpha value is -1.13. The van der Waals surface area contributed by atoms with Gasteiger partial charge >= 0.3 is 0 Å². The van der Waals surface area contributed by atoms with Crippen LogP contribution >= 0.6 is 27.5 Å². The van der Waals surface area contributed by atoms with E-state index < -0.39 is 0 Å². The lowest BCUT2D eigenvalue weighted by Gasteiger charge is -2.05. The van der Waals surface area contributed by atoms with Gasteiger partial charge in [-0.05, 0) is 18.2 Å². The molecule has 0 radical (unpaired) electrons. The molecule has 17 heavy (non-hydrogen) atoms. The van der Waals surface area contributed by atoms with Crippen LogP contribution in [0.1, 0.15) is 10.5 Å². The molecule has 0 aliphatic heterocycles. The van der Waals surface area contributed by atoms with Gasteiger partial charge in [-0.3, -0.25) is 4.79 Å². The van der Waals surface area contributed by atoms with E-state index in [2.05, 4.69) is 20.9 Å². The molecule has 1 heterocycles. The highest BCUT2D eigenvalue weighted by atomic mass is 79.9. The van der Waals surface area contributed by atoms with E-state index in [9.17, 15) is 4.79 Å².